The molecule has 1 aromatic carbocycles. The van der Waals surface area contributed by atoms with Gasteiger partial charge in [-0.3, -0.25) is 4.79 Å². The number of para-hydroxylation sites is 1. The maximum Gasteiger partial charge on any atom is 0.225 e. The lowest BCUT2D eigenvalue weighted by Crippen LogP contribution is -2.27. The highest BCUT2D eigenvalue weighted by Crippen LogP contribution is 2.16. The summed E-state index contributed by atoms with van der Waals surface area (Å²) >= 11 is 0. The van der Waals surface area contributed by atoms with Gasteiger partial charge in [-0.05, 0) is 37.6 Å². The minimum atomic E-state index is 0.100. The number of hydrogen-bond donors (Lipinski definition) is 3. The number of carbonyl (C=O) groups is 1. The number of anilines is 1. The van der Waals surface area contributed by atoms with Gasteiger partial charge in [0.1, 0.15) is 0 Å². The highest BCUT2D eigenvalue weighted by molar-refractivity contribution is 5.91. The van der Waals surface area contributed by atoms with Crippen LogP contribution in [0.15, 0.2) is 24.3 Å². The molecule has 2 rings (SSSR count). The lowest BCUT2D eigenvalue weighted by atomic mass is 10.1. The largest absolute Gasteiger partial charge is 0.326 e. The fourth-order valence-corrected chi connectivity index (χ4v) is 2.41. The van der Waals surface area contributed by atoms with Gasteiger partial charge < -0.3 is 16.0 Å². The topological polar surface area (TPSA) is 53.2 Å². The summed E-state index contributed by atoms with van der Waals surface area (Å²) < 4.78 is 0. The Morgan fingerprint density at radius 2 is 2.26 bits per heavy atom. The summed E-state index contributed by atoms with van der Waals surface area (Å²) in [6.07, 6.45) is 2.84. The van der Waals surface area contributed by atoms with Gasteiger partial charge in [0.15, 0.2) is 0 Å². The van der Waals surface area contributed by atoms with E-state index in [0.717, 1.165) is 37.3 Å². The molecule has 4 heteroatoms. The first kappa shape index (κ1) is 14.0. The van der Waals surface area contributed by atoms with E-state index in [1.807, 2.05) is 24.3 Å². The summed E-state index contributed by atoms with van der Waals surface area (Å²) in [6, 6.07) is 8.32. The molecule has 4 nitrogen and oxygen atoms in total. The van der Waals surface area contributed by atoms with E-state index in [4.69, 9.17) is 0 Å². The Bertz CT molecular complexity index is 414. The van der Waals surface area contributed by atoms with Gasteiger partial charge in [-0.2, -0.15) is 0 Å². The predicted octanol–water partition coefficient (Wildman–Crippen LogP) is 1.88. The fraction of sp³-hybridized carbons (Fsp3) is 0.533. The molecule has 0 saturated carbocycles. The highest BCUT2D eigenvalue weighted by atomic mass is 16.1. The lowest BCUT2D eigenvalue weighted by molar-refractivity contribution is -0.116. The van der Waals surface area contributed by atoms with Crippen molar-refractivity contribution in [2.75, 3.05) is 18.4 Å². The van der Waals surface area contributed by atoms with E-state index >= 15 is 0 Å². The number of carbonyl (C=O) groups excluding carboxylic acids is 1. The molecule has 19 heavy (non-hydrogen) atoms. The van der Waals surface area contributed by atoms with Gasteiger partial charge in [0, 0.05) is 24.7 Å². The SMILES string of the molecule is CCNCc1ccccc1NC(=O)CC1CCCN1. The van der Waals surface area contributed by atoms with Gasteiger partial charge in [-0.25, -0.2) is 0 Å². The Hall–Kier alpha value is -1.39. The third-order valence-electron chi connectivity index (χ3n) is 3.45. The Kier molecular flexibility index (Phi) is 5.36. The average Bonchev–Trinajstić information content (AvgIpc) is 2.90. The molecular formula is C15H23N3O. The summed E-state index contributed by atoms with van der Waals surface area (Å²) in [4.78, 5) is 12.0. The first-order valence-electron chi connectivity index (χ1n) is 7.11. The van der Waals surface area contributed by atoms with E-state index in [2.05, 4.69) is 22.9 Å². The van der Waals surface area contributed by atoms with Crippen LogP contribution in [0.5, 0.6) is 0 Å². The number of hydrogen-bond acceptors (Lipinski definition) is 3. The van der Waals surface area contributed by atoms with Crippen molar-refractivity contribution in [2.24, 2.45) is 0 Å². The van der Waals surface area contributed by atoms with Crippen LogP contribution in [0.1, 0.15) is 31.7 Å². The molecule has 0 aromatic heterocycles. The molecule has 3 N–H and O–H groups in total. The molecule has 1 aliphatic heterocycles. The van der Waals surface area contributed by atoms with E-state index in [9.17, 15) is 4.79 Å². The van der Waals surface area contributed by atoms with E-state index < -0.39 is 0 Å². The van der Waals surface area contributed by atoms with Crippen molar-refractivity contribution < 1.29 is 4.79 Å². The summed E-state index contributed by atoms with van der Waals surface area (Å²) in [5.41, 5.74) is 2.06. The van der Waals surface area contributed by atoms with Crippen LogP contribution < -0.4 is 16.0 Å². The van der Waals surface area contributed by atoms with Gasteiger partial charge in [-0.15, -0.1) is 0 Å². The molecule has 1 unspecified atom stereocenters. The Morgan fingerprint density at radius 3 is 3.00 bits per heavy atom. The van der Waals surface area contributed by atoms with Crippen molar-refractivity contribution in [1.29, 1.82) is 0 Å². The summed E-state index contributed by atoms with van der Waals surface area (Å²) in [7, 11) is 0. The second-order valence-corrected chi connectivity index (χ2v) is 4.98. The molecule has 104 valence electrons. The third-order valence-corrected chi connectivity index (χ3v) is 3.45. The van der Waals surface area contributed by atoms with Crippen LogP contribution >= 0.6 is 0 Å². The third kappa shape index (κ3) is 4.33. The van der Waals surface area contributed by atoms with E-state index in [1.54, 1.807) is 0 Å². The van der Waals surface area contributed by atoms with Crippen LogP contribution in [-0.4, -0.2) is 25.0 Å². The van der Waals surface area contributed by atoms with Crippen LogP contribution in [0.25, 0.3) is 0 Å². The van der Waals surface area contributed by atoms with Gasteiger partial charge in [0.05, 0.1) is 0 Å². The Balaban J connectivity index is 1.91. The molecule has 1 saturated heterocycles. The van der Waals surface area contributed by atoms with Crippen LogP contribution in [0, 0.1) is 0 Å². The standard InChI is InChI=1S/C15H23N3O/c1-2-16-11-12-6-3-4-8-14(12)18-15(19)10-13-7-5-9-17-13/h3-4,6,8,13,16-17H,2,5,7,9-11H2,1H3,(H,18,19). The quantitative estimate of drug-likeness (QED) is 0.733. The van der Waals surface area contributed by atoms with Crippen molar-refractivity contribution in [3.8, 4) is 0 Å². The Morgan fingerprint density at radius 1 is 1.42 bits per heavy atom. The monoisotopic (exact) mass is 261 g/mol. The number of benzene rings is 1. The summed E-state index contributed by atoms with van der Waals surface area (Å²) in [5, 5.41) is 9.66. The van der Waals surface area contributed by atoms with Crippen LogP contribution in [0.3, 0.4) is 0 Å². The number of rotatable bonds is 6. The summed E-state index contributed by atoms with van der Waals surface area (Å²) in [6.45, 7) is 4.82. The molecule has 1 aliphatic rings. The zero-order valence-corrected chi connectivity index (χ0v) is 11.5. The molecule has 1 fully saturated rings. The zero-order chi connectivity index (χ0) is 13.5. The van der Waals surface area contributed by atoms with Gasteiger partial charge in [-0.1, -0.05) is 25.1 Å². The molecule has 1 amide bonds. The minimum absolute atomic E-state index is 0.100. The Labute approximate surface area is 115 Å². The number of nitrogens with one attached hydrogen (secondary N) is 3. The van der Waals surface area contributed by atoms with Crippen molar-refractivity contribution in [3.63, 3.8) is 0 Å². The molecule has 1 atom stereocenters. The molecule has 1 heterocycles. The highest BCUT2D eigenvalue weighted by Gasteiger charge is 2.18. The smallest absolute Gasteiger partial charge is 0.225 e. The minimum Gasteiger partial charge on any atom is -0.326 e. The second-order valence-electron chi connectivity index (χ2n) is 4.98. The molecule has 0 spiro atoms. The van der Waals surface area contributed by atoms with Gasteiger partial charge >= 0.3 is 0 Å². The van der Waals surface area contributed by atoms with Crippen LogP contribution in [0.2, 0.25) is 0 Å². The van der Waals surface area contributed by atoms with Gasteiger partial charge in [0.25, 0.3) is 0 Å². The van der Waals surface area contributed by atoms with Crippen LogP contribution in [0.4, 0.5) is 5.69 Å². The fourth-order valence-electron chi connectivity index (χ4n) is 2.41. The molecule has 0 bridgehead atoms. The molecule has 0 radical (unpaired) electrons. The molecule has 1 aromatic rings. The first-order valence-corrected chi connectivity index (χ1v) is 7.11. The van der Waals surface area contributed by atoms with E-state index in [0.29, 0.717) is 12.5 Å². The van der Waals surface area contributed by atoms with Gasteiger partial charge in [0.2, 0.25) is 5.91 Å². The van der Waals surface area contributed by atoms with Crippen molar-refractivity contribution in [2.45, 2.75) is 38.8 Å². The van der Waals surface area contributed by atoms with E-state index in [-0.39, 0.29) is 5.91 Å². The normalized spacial score (nSPS) is 18.5. The lowest BCUT2D eigenvalue weighted by Gasteiger charge is -2.13. The molecule has 0 aliphatic carbocycles. The zero-order valence-electron chi connectivity index (χ0n) is 11.5. The second kappa shape index (κ2) is 7.26. The number of amides is 1. The van der Waals surface area contributed by atoms with Crippen molar-refractivity contribution >= 4 is 11.6 Å². The predicted molar refractivity (Wildman–Crippen MR) is 78.1 cm³/mol. The van der Waals surface area contributed by atoms with E-state index in [1.165, 1.54) is 6.42 Å². The van der Waals surface area contributed by atoms with Crippen LogP contribution in [-0.2, 0) is 11.3 Å². The first-order chi connectivity index (χ1) is 9.29. The summed E-state index contributed by atoms with van der Waals surface area (Å²) in [5.74, 6) is 0.100. The average molecular weight is 261 g/mol. The maximum absolute atomic E-state index is 12.0. The maximum atomic E-state index is 12.0. The van der Waals surface area contributed by atoms with Crippen molar-refractivity contribution in [1.82, 2.24) is 10.6 Å². The molecular weight excluding hydrogens is 238 g/mol. The van der Waals surface area contributed by atoms with Crippen molar-refractivity contribution in [3.05, 3.63) is 29.8 Å².